The van der Waals surface area contributed by atoms with Crippen molar-refractivity contribution in [2.24, 2.45) is 5.14 Å². The molecule has 0 aromatic heterocycles. The molecule has 0 aliphatic heterocycles. The second-order valence-electron chi connectivity index (χ2n) is 4.51. The number of benzene rings is 1. The molecule has 0 amide bonds. The first-order chi connectivity index (χ1) is 8.77. The topological polar surface area (TPSA) is 89.4 Å². The molecule has 0 aliphatic rings. The highest BCUT2D eigenvalue weighted by Gasteiger charge is 2.15. The quantitative estimate of drug-likeness (QED) is 0.777. The van der Waals surface area contributed by atoms with Crippen LogP contribution < -0.4 is 15.8 Å². The van der Waals surface area contributed by atoms with Crippen molar-refractivity contribution in [3.63, 3.8) is 0 Å². The van der Waals surface area contributed by atoms with E-state index in [-0.39, 0.29) is 10.6 Å². The molecule has 5 nitrogen and oxygen atoms in total. The first-order valence-electron chi connectivity index (χ1n) is 5.91. The predicted octanol–water partition coefficient (Wildman–Crippen LogP) is 1.49. The highest BCUT2D eigenvalue weighted by Crippen LogP contribution is 2.25. The smallest absolute Gasteiger partial charge is 0.240 e. The molecule has 0 aliphatic carbocycles. The molecule has 0 bridgehead atoms. The molecule has 1 atom stereocenters. The Balaban J connectivity index is 2.95. The van der Waals surface area contributed by atoms with Gasteiger partial charge >= 0.3 is 0 Å². The molecule has 4 N–H and O–H groups in total. The summed E-state index contributed by atoms with van der Waals surface area (Å²) in [4.78, 5) is 2.06. The summed E-state index contributed by atoms with van der Waals surface area (Å²) in [7, 11) is -1.79. The summed E-state index contributed by atoms with van der Waals surface area (Å²) in [6.45, 7) is 2.12. The molecule has 7 heteroatoms. The van der Waals surface area contributed by atoms with Gasteiger partial charge in [-0.2, -0.15) is 11.8 Å². The van der Waals surface area contributed by atoms with Crippen LogP contribution in [0.4, 0.5) is 11.4 Å². The van der Waals surface area contributed by atoms with Gasteiger partial charge in [0.05, 0.1) is 5.69 Å². The van der Waals surface area contributed by atoms with Gasteiger partial charge in [0.1, 0.15) is 4.90 Å². The van der Waals surface area contributed by atoms with E-state index in [0.29, 0.717) is 6.04 Å². The average molecular weight is 303 g/mol. The summed E-state index contributed by atoms with van der Waals surface area (Å²) in [5.74, 6) is 1.08. The number of nitrogens with two attached hydrogens (primary N) is 2. The number of primary sulfonamides is 1. The van der Waals surface area contributed by atoms with Crippen molar-refractivity contribution in [3.8, 4) is 0 Å². The fourth-order valence-corrected chi connectivity index (χ4v) is 2.97. The summed E-state index contributed by atoms with van der Waals surface area (Å²) < 4.78 is 22.6. The minimum atomic E-state index is -3.76. The standard InChI is InChI=1S/C12H21N3O2S2/c1-9(6-7-18-3)15(2)10-4-5-12(11(13)8-10)19(14,16)17/h4-5,8-9H,6-7,13H2,1-3H3,(H2,14,16,17). The maximum atomic E-state index is 11.3. The maximum Gasteiger partial charge on any atom is 0.240 e. The second-order valence-corrected chi connectivity index (χ2v) is 7.02. The first kappa shape index (κ1) is 16.1. The fourth-order valence-electron chi connectivity index (χ4n) is 1.75. The van der Waals surface area contributed by atoms with E-state index in [0.717, 1.165) is 17.9 Å². The van der Waals surface area contributed by atoms with Crippen molar-refractivity contribution < 1.29 is 8.42 Å². The van der Waals surface area contributed by atoms with E-state index in [1.165, 1.54) is 6.07 Å². The van der Waals surface area contributed by atoms with Crippen molar-refractivity contribution >= 4 is 33.2 Å². The van der Waals surface area contributed by atoms with Crippen LogP contribution in [0, 0.1) is 0 Å². The van der Waals surface area contributed by atoms with Crippen LogP contribution in [0.25, 0.3) is 0 Å². The number of hydrogen-bond acceptors (Lipinski definition) is 5. The number of hydrogen-bond donors (Lipinski definition) is 2. The predicted molar refractivity (Wildman–Crippen MR) is 83.1 cm³/mol. The van der Waals surface area contributed by atoms with E-state index in [1.54, 1.807) is 23.9 Å². The number of nitrogens with zero attached hydrogens (tertiary/aromatic N) is 1. The lowest BCUT2D eigenvalue weighted by Crippen LogP contribution is -2.29. The number of sulfonamides is 1. The van der Waals surface area contributed by atoms with Gasteiger partial charge < -0.3 is 10.6 Å². The third-order valence-corrected chi connectivity index (χ3v) is 4.74. The molecule has 1 unspecified atom stereocenters. The lowest BCUT2D eigenvalue weighted by molar-refractivity contribution is 0.598. The zero-order valence-electron chi connectivity index (χ0n) is 11.5. The van der Waals surface area contributed by atoms with E-state index in [2.05, 4.69) is 18.1 Å². The van der Waals surface area contributed by atoms with E-state index in [1.807, 2.05) is 7.05 Å². The van der Waals surface area contributed by atoms with E-state index in [9.17, 15) is 8.42 Å². The molecule has 1 aromatic carbocycles. The van der Waals surface area contributed by atoms with Gasteiger partial charge in [0, 0.05) is 18.8 Å². The molecule has 1 rings (SSSR count). The molecule has 0 spiro atoms. The number of nitrogen functional groups attached to an aromatic ring is 1. The lowest BCUT2D eigenvalue weighted by Gasteiger charge is -2.27. The zero-order valence-corrected chi connectivity index (χ0v) is 13.1. The molecule has 19 heavy (non-hydrogen) atoms. The molecule has 0 fully saturated rings. The van der Waals surface area contributed by atoms with Gasteiger partial charge in [-0.1, -0.05) is 0 Å². The van der Waals surface area contributed by atoms with Crippen LogP contribution in [-0.2, 0) is 10.0 Å². The van der Waals surface area contributed by atoms with Crippen LogP contribution in [0.5, 0.6) is 0 Å². The van der Waals surface area contributed by atoms with Crippen LogP contribution in [0.3, 0.4) is 0 Å². The minimum Gasteiger partial charge on any atom is -0.398 e. The van der Waals surface area contributed by atoms with Crippen LogP contribution in [-0.4, -0.2) is 33.5 Å². The van der Waals surface area contributed by atoms with E-state index >= 15 is 0 Å². The third-order valence-electron chi connectivity index (χ3n) is 3.11. The van der Waals surface area contributed by atoms with Gasteiger partial charge in [-0.3, -0.25) is 0 Å². The fraction of sp³-hybridized carbons (Fsp3) is 0.500. The Kier molecular flexibility index (Phi) is 5.51. The molecule has 0 radical (unpaired) electrons. The zero-order chi connectivity index (χ0) is 14.6. The molecule has 0 saturated heterocycles. The molecule has 0 heterocycles. The Hall–Kier alpha value is -0.920. The lowest BCUT2D eigenvalue weighted by atomic mass is 10.2. The number of thioether (sulfide) groups is 1. The van der Waals surface area contributed by atoms with E-state index in [4.69, 9.17) is 10.9 Å². The Morgan fingerprint density at radius 3 is 2.53 bits per heavy atom. The summed E-state index contributed by atoms with van der Waals surface area (Å²) in [5, 5.41) is 5.09. The van der Waals surface area contributed by atoms with Crippen LogP contribution in [0.15, 0.2) is 23.1 Å². The van der Waals surface area contributed by atoms with E-state index < -0.39 is 10.0 Å². The van der Waals surface area contributed by atoms with Gasteiger partial charge in [0.15, 0.2) is 0 Å². The van der Waals surface area contributed by atoms with Gasteiger partial charge in [-0.05, 0) is 43.6 Å². The van der Waals surface area contributed by atoms with Crippen molar-refractivity contribution in [1.29, 1.82) is 0 Å². The summed E-state index contributed by atoms with van der Waals surface area (Å²) in [5.41, 5.74) is 6.83. The third kappa shape index (κ3) is 4.29. The SMILES string of the molecule is CSCCC(C)N(C)c1ccc(S(N)(=O)=O)c(N)c1. The Morgan fingerprint density at radius 2 is 2.05 bits per heavy atom. The number of anilines is 2. The first-order valence-corrected chi connectivity index (χ1v) is 8.85. The molecule has 108 valence electrons. The molecular formula is C12H21N3O2S2. The molecule has 0 saturated carbocycles. The largest absolute Gasteiger partial charge is 0.398 e. The van der Waals surface area contributed by atoms with Crippen LogP contribution >= 0.6 is 11.8 Å². The van der Waals surface area contributed by atoms with Crippen LogP contribution in [0.2, 0.25) is 0 Å². The van der Waals surface area contributed by atoms with Crippen molar-refractivity contribution in [1.82, 2.24) is 0 Å². The van der Waals surface area contributed by atoms with Crippen molar-refractivity contribution in [2.45, 2.75) is 24.3 Å². The summed E-state index contributed by atoms with van der Waals surface area (Å²) in [6, 6.07) is 5.19. The minimum absolute atomic E-state index is 0.0265. The van der Waals surface area contributed by atoms with Crippen molar-refractivity contribution in [3.05, 3.63) is 18.2 Å². The van der Waals surface area contributed by atoms with Gasteiger partial charge in [0.2, 0.25) is 10.0 Å². The Bertz CT molecular complexity index is 532. The highest BCUT2D eigenvalue weighted by molar-refractivity contribution is 7.98. The van der Waals surface area contributed by atoms with Crippen molar-refractivity contribution in [2.75, 3.05) is 29.7 Å². The molecular weight excluding hydrogens is 282 g/mol. The van der Waals surface area contributed by atoms with Gasteiger partial charge in [-0.15, -0.1) is 0 Å². The van der Waals surface area contributed by atoms with Gasteiger partial charge in [-0.25, -0.2) is 13.6 Å². The normalized spacial score (nSPS) is 13.3. The summed E-state index contributed by atoms with van der Waals surface area (Å²) in [6.07, 6.45) is 3.13. The Morgan fingerprint density at radius 1 is 1.42 bits per heavy atom. The highest BCUT2D eigenvalue weighted by atomic mass is 32.2. The molecule has 1 aromatic rings. The monoisotopic (exact) mass is 303 g/mol. The summed E-state index contributed by atoms with van der Waals surface area (Å²) >= 11 is 1.80. The van der Waals surface area contributed by atoms with Gasteiger partial charge in [0.25, 0.3) is 0 Å². The number of rotatable bonds is 6. The average Bonchev–Trinajstić information content (AvgIpc) is 2.33. The maximum absolute atomic E-state index is 11.3. The van der Waals surface area contributed by atoms with Crippen LogP contribution in [0.1, 0.15) is 13.3 Å². The Labute approximate surface area is 119 Å². The second kappa shape index (κ2) is 6.49.